The van der Waals surface area contributed by atoms with E-state index in [1.807, 2.05) is 6.07 Å². The molecule has 3 rings (SSSR count). The fourth-order valence-corrected chi connectivity index (χ4v) is 4.05. The third kappa shape index (κ3) is 9.66. The summed E-state index contributed by atoms with van der Waals surface area (Å²) in [5.41, 5.74) is 7.62. The van der Waals surface area contributed by atoms with Crippen molar-refractivity contribution in [3.63, 3.8) is 0 Å². The quantitative estimate of drug-likeness (QED) is 0.160. The Morgan fingerprint density at radius 2 is 0.976 bits per heavy atom. The van der Waals surface area contributed by atoms with Gasteiger partial charge in [-0.2, -0.15) is 0 Å². The highest BCUT2D eigenvalue weighted by Crippen LogP contribution is 2.14. The second kappa shape index (κ2) is 14.5. The van der Waals surface area contributed by atoms with Gasteiger partial charge in [0.25, 0.3) is 0 Å². The second-order valence-corrected chi connectivity index (χ2v) is 9.74. The number of carboxylic acid groups (broad SMARTS) is 1. The van der Waals surface area contributed by atoms with Crippen LogP contribution in [0.5, 0.6) is 11.5 Å². The summed E-state index contributed by atoms with van der Waals surface area (Å²) in [5, 5.41) is 36.7. The van der Waals surface area contributed by atoms with Crippen LogP contribution in [0.15, 0.2) is 78.9 Å². The first-order valence-electron chi connectivity index (χ1n) is 13.0. The molecule has 3 aromatic rings. The van der Waals surface area contributed by atoms with Crippen molar-refractivity contribution < 1.29 is 34.5 Å². The van der Waals surface area contributed by atoms with Crippen LogP contribution in [0, 0.1) is 0 Å². The van der Waals surface area contributed by atoms with Crippen molar-refractivity contribution in [2.45, 2.75) is 50.4 Å². The maximum absolute atomic E-state index is 13.5. The molecule has 0 aromatic heterocycles. The Balaban J connectivity index is 1.84. The van der Waals surface area contributed by atoms with Crippen LogP contribution in [-0.4, -0.2) is 63.2 Å². The van der Waals surface area contributed by atoms with Crippen LogP contribution in [0.25, 0.3) is 0 Å². The normalized spacial score (nSPS) is 13.7. The van der Waals surface area contributed by atoms with Gasteiger partial charge in [0.05, 0.1) is 6.04 Å². The van der Waals surface area contributed by atoms with Crippen molar-refractivity contribution >= 4 is 23.7 Å². The summed E-state index contributed by atoms with van der Waals surface area (Å²) >= 11 is 0. The maximum atomic E-state index is 13.5. The van der Waals surface area contributed by atoms with Gasteiger partial charge in [-0.3, -0.25) is 14.4 Å². The number of aliphatic carboxylic acids is 1. The molecule has 0 aliphatic rings. The van der Waals surface area contributed by atoms with Crippen molar-refractivity contribution in [1.29, 1.82) is 0 Å². The van der Waals surface area contributed by atoms with E-state index in [9.17, 15) is 34.5 Å². The molecule has 0 aliphatic carbocycles. The van der Waals surface area contributed by atoms with E-state index in [0.717, 1.165) is 5.56 Å². The van der Waals surface area contributed by atoms with Crippen LogP contribution in [0.1, 0.15) is 23.6 Å². The molecule has 11 nitrogen and oxygen atoms in total. The number of hydrogen-bond acceptors (Lipinski definition) is 7. The second-order valence-electron chi connectivity index (χ2n) is 9.74. The van der Waals surface area contributed by atoms with E-state index in [0.29, 0.717) is 11.1 Å². The van der Waals surface area contributed by atoms with Crippen molar-refractivity contribution in [2.75, 3.05) is 0 Å². The van der Waals surface area contributed by atoms with Gasteiger partial charge in [-0.25, -0.2) is 4.79 Å². The monoisotopic (exact) mass is 562 g/mol. The van der Waals surface area contributed by atoms with Gasteiger partial charge in [-0.05, 0) is 47.9 Å². The summed E-state index contributed by atoms with van der Waals surface area (Å²) in [5.74, 6) is -3.22. The number of benzene rings is 3. The zero-order valence-corrected chi connectivity index (χ0v) is 22.5. The zero-order chi connectivity index (χ0) is 29.9. The minimum Gasteiger partial charge on any atom is -0.508 e. The molecule has 41 heavy (non-hydrogen) atoms. The predicted molar refractivity (Wildman–Crippen MR) is 151 cm³/mol. The maximum Gasteiger partial charge on any atom is 0.326 e. The van der Waals surface area contributed by atoms with Crippen molar-refractivity contribution in [3.05, 3.63) is 95.6 Å². The molecule has 216 valence electrons. The SMILES string of the molecule is CC(N)C(=O)NC(Cc1ccccc1)C(=O)NC(Cc1ccc(O)cc1)C(=O)NC(Cc1ccc(O)cc1)C(=O)O. The van der Waals surface area contributed by atoms with E-state index in [1.54, 1.807) is 48.5 Å². The summed E-state index contributed by atoms with van der Waals surface area (Å²) in [6.45, 7) is 1.48. The smallest absolute Gasteiger partial charge is 0.326 e. The number of hydrogen-bond donors (Lipinski definition) is 7. The van der Waals surface area contributed by atoms with Crippen LogP contribution >= 0.6 is 0 Å². The number of phenols is 2. The van der Waals surface area contributed by atoms with Gasteiger partial charge in [0.1, 0.15) is 29.6 Å². The highest BCUT2D eigenvalue weighted by Gasteiger charge is 2.30. The summed E-state index contributed by atoms with van der Waals surface area (Å²) in [6.07, 6.45) is 0.0300. The van der Waals surface area contributed by atoms with E-state index < -0.39 is 47.9 Å². The molecule has 3 amide bonds. The highest BCUT2D eigenvalue weighted by atomic mass is 16.4. The van der Waals surface area contributed by atoms with Crippen LogP contribution in [-0.2, 0) is 38.4 Å². The van der Waals surface area contributed by atoms with Gasteiger partial charge < -0.3 is 37.0 Å². The standard InChI is InChI=1S/C30H34N4O7/c1-18(31)27(37)32-24(15-19-5-3-2-4-6-19)28(38)33-25(16-20-7-11-22(35)12-8-20)29(39)34-26(30(40)41)17-21-9-13-23(36)14-10-21/h2-14,18,24-26,35-36H,15-17,31H2,1H3,(H,32,37)(H,33,38)(H,34,39)(H,40,41). The molecule has 0 saturated carbocycles. The highest BCUT2D eigenvalue weighted by molar-refractivity contribution is 5.94. The van der Waals surface area contributed by atoms with Gasteiger partial charge >= 0.3 is 5.97 Å². The van der Waals surface area contributed by atoms with Crippen LogP contribution in [0.2, 0.25) is 0 Å². The third-order valence-electron chi connectivity index (χ3n) is 6.33. The molecule has 0 bridgehead atoms. The molecule has 0 fully saturated rings. The lowest BCUT2D eigenvalue weighted by Gasteiger charge is -2.25. The number of carbonyl (C=O) groups is 4. The van der Waals surface area contributed by atoms with Gasteiger partial charge in [-0.1, -0.05) is 54.6 Å². The number of rotatable bonds is 13. The third-order valence-corrected chi connectivity index (χ3v) is 6.33. The van der Waals surface area contributed by atoms with Crippen LogP contribution < -0.4 is 21.7 Å². The molecule has 0 radical (unpaired) electrons. The first-order valence-corrected chi connectivity index (χ1v) is 13.0. The first kappa shape index (κ1) is 30.6. The molecule has 4 unspecified atom stereocenters. The fourth-order valence-electron chi connectivity index (χ4n) is 4.05. The Morgan fingerprint density at radius 1 is 0.610 bits per heavy atom. The van der Waals surface area contributed by atoms with E-state index in [1.165, 1.54) is 31.2 Å². The summed E-state index contributed by atoms with van der Waals surface area (Å²) in [4.78, 5) is 51.3. The first-order chi connectivity index (χ1) is 19.5. The Morgan fingerprint density at radius 3 is 1.39 bits per heavy atom. The molecule has 0 heterocycles. The van der Waals surface area contributed by atoms with Crippen LogP contribution in [0.3, 0.4) is 0 Å². The molecule has 11 heteroatoms. The Kier molecular flexibility index (Phi) is 10.8. The van der Waals surface area contributed by atoms with Gasteiger partial charge in [0, 0.05) is 19.3 Å². The Hall–Kier alpha value is -4.90. The van der Waals surface area contributed by atoms with E-state index in [-0.39, 0.29) is 30.8 Å². The zero-order valence-electron chi connectivity index (χ0n) is 22.5. The van der Waals surface area contributed by atoms with Gasteiger partial charge in [0.2, 0.25) is 17.7 Å². The number of carbonyl (C=O) groups excluding carboxylic acids is 3. The fraction of sp³-hybridized carbons (Fsp3) is 0.267. The number of nitrogens with two attached hydrogens (primary N) is 1. The van der Waals surface area contributed by atoms with Gasteiger partial charge in [-0.15, -0.1) is 0 Å². The van der Waals surface area contributed by atoms with Crippen molar-refractivity contribution in [3.8, 4) is 11.5 Å². The summed E-state index contributed by atoms with van der Waals surface area (Å²) in [7, 11) is 0. The Bertz CT molecular complexity index is 1330. The lowest BCUT2D eigenvalue weighted by molar-refractivity contribution is -0.142. The largest absolute Gasteiger partial charge is 0.508 e. The number of amides is 3. The average molecular weight is 563 g/mol. The minimum atomic E-state index is -1.33. The molecule has 4 atom stereocenters. The molecule has 0 spiro atoms. The molecule has 8 N–H and O–H groups in total. The molecule has 3 aromatic carbocycles. The molecular formula is C30H34N4O7. The number of carboxylic acids is 1. The number of phenolic OH excluding ortho intramolecular Hbond substituents is 2. The molecule has 0 saturated heterocycles. The Labute approximate surface area is 237 Å². The number of aromatic hydroxyl groups is 2. The minimum absolute atomic E-state index is 0.0140. The molecule has 0 aliphatic heterocycles. The predicted octanol–water partition coefficient (Wildman–Crippen LogP) is 1.01. The lowest BCUT2D eigenvalue weighted by atomic mass is 10.0. The van der Waals surface area contributed by atoms with E-state index in [2.05, 4.69) is 16.0 Å². The van der Waals surface area contributed by atoms with E-state index in [4.69, 9.17) is 5.73 Å². The number of nitrogens with one attached hydrogen (secondary N) is 3. The summed E-state index contributed by atoms with van der Waals surface area (Å²) in [6, 6.07) is 16.4. The van der Waals surface area contributed by atoms with Crippen molar-refractivity contribution in [2.24, 2.45) is 5.73 Å². The van der Waals surface area contributed by atoms with Crippen molar-refractivity contribution in [1.82, 2.24) is 16.0 Å². The lowest BCUT2D eigenvalue weighted by Crippen LogP contribution is -2.58. The van der Waals surface area contributed by atoms with Gasteiger partial charge in [0.15, 0.2) is 0 Å². The van der Waals surface area contributed by atoms with E-state index >= 15 is 0 Å². The average Bonchev–Trinajstić information content (AvgIpc) is 2.94. The van der Waals surface area contributed by atoms with Crippen LogP contribution in [0.4, 0.5) is 0 Å². The summed E-state index contributed by atoms with van der Waals surface area (Å²) < 4.78 is 0. The molecular weight excluding hydrogens is 528 g/mol. The topological polar surface area (TPSA) is 191 Å².